The molecular formula is C15H14F3N3O3S. The molecule has 0 bridgehead atoms. The highest BCUT2D eigenvalue weighted by molar-refractivity contribution is 7.91. The number of pyridine rings is 2. The maximum Gasteiger partial charge on any atom is 0.471 e. The molecule has 6 nitrogen and oxygen atoms in total. The second-order valence-corrected chi connectivity index (χ2v) is 7.26. The minimum atomic E-state index is -5.00. The van der Waals surface area contributed by atoms with Crippen molar-refractivity contribution < 1.29 is 26.4 Å². The summed E-state index contributed by atoms with van der Waals surface area (Å²) in [6.07, 6.45) is -2.56. The fourth-order valence-electron chi connectivity index (χ4n) is 2.02. The minimum absolute atomic E-state index is 0.0162. The highest BCUT2D eigenvalue weighted by Gasteiger charge is 2.41. The van der Waals surface area contributed by atoms with Gasteiger partial charge in [0.1, 0.15) is 5.69 Å². The van der Waals surface area contributed by atoms with E-state index in [-0.39, 0.29) is 27.7 Å². The lowest BCUT2D eigenvalue weighted by molar-refractivity contribution is -0.170. The molecule has 0 radical (unpaired) electrons. The third kappa shape index (κ3) is 3.95. The van der Waals surface area contributed by atoms with E-state index in [0.29, 0.717) is 4.90 Å². The van der Waals surface area contributed by atoms with E-state index in [1.165, 1.54) is 37.4 Å². The Balaban J connectivity index is 2.41. The number of anilines is 1. The van der Waals surface area contributed by atoms with E-state index in [0.717, 1.165) is 13.2 Å². The fraction of sp³-hybridized carbons (Fsp3) is 0.267. The smallest absolute Gasteiger partial charge is 0.306 e. The number of rotatable bonds is 4. The second-order valence-electron chi connectivity index (χ2n) is 5.02. The molecule has 0 aromatic carbocycles. The van der Waals surface area contributed by atoms with Crippen LogP contribution in [0.1, 0.15) is 6.92 Å². The lowest BCUT2D eigenvalue weighted by atomic mass is 10.2. The molecule has 0 saturated carbocycles. The molecule has 0 spiro atoms. The number of hydrogen-bond acceptors (Lipinski definition) is 5. The Morgan fingerprint density at radius 2 is 1.88 bits per heavy atom. The molecule has 10 heteroatoms. The number of aromatic nitrogens is 2. The van der Waals surface area contributed by atoms with E-state index in [1.54, 1.807) is 0 Å². The van der Waals surface area contributed by atoms with Crippen molar-refractivity contribution in [2.45, 2.75) is 18.0 Å². The van der Waals surface area contributed by atoms with Crippen LogP contribution in [0.3, 0.4) is 0 Å². The molecule has 0 unspecified atom stereocenters. The van der Waals surface area contributed by atoms with Crippen molar-refractivity contribution >= 4 is 21.4 Å². The van der Waals surface area contributed by atoms with Gasteiger partial charge in [0.25, 0.3) is 0 Å². The zero-order valence-corrected chi connectivity index (χ0v) is 14.1. The van der Waals surface area contributed by atoms with E-state index in [2.05, 4.69) is 9.97 Å². The van der Waals surface area contributed by atoms with Gasteiger partial charge in [-0.05, 0) is 24.3 Å². The summed E-state index contributed by atoms with van der Waals surface area (Å²) in [5.74, 6) is -2.17. The van der Waals surface area contributed by atoms with Crippen molar-refractivity contribution in [3.63, 3.8) is 0 Å². The van der Waals surface area contributed by atoms with Gasteiger partial charge in [-0.15, -0.1) is 0 Å². The molecule has 2 rings (SSSR count). The Bertz CT molecular complexity index is 881. The van der Waals surface area contributed by atoms with Gasteiger partial charge in [-0.1, -0.05) is 6.92 Å². The lowest BCUT2D eigenvalue weighted by Crippen LogP contribution is -2.38. The van der Waals surface area contributed by atoms with E-state index < -0.39 is 21.9 Å². The zero-order chi connectivity index (χ0) is 18.8. The van der Waals surface area contributed by atoms with Crippen LogP contribution in [-0.2, 0) is 14.6 Å². The molecular weight excluding hydrogens is 359 g/mol. The molecule has 0 N–H and O–H groups in total. The number of nitrogens with zero attached hydrogens (tertiary/aromatic N) is 3. The number of carbonyl (C=O) groups excluding carboxylic acids is 1. The third-order valence-corrected chi connectivity index (χ3v) is 5.17. The van der Waals surface area contributed by atoms with Crippen LogP contribution < -0.4 is 4.90 Å². The van der Waals surface area contributed by atoms with Crippen LogP contribution in [0.2, 0.25) is 0 Å². The zero-order valence-electron chi connectivity index (χ0n) is 13.3. The second kappa shape index (κ2) is 6.79. The predicted octanol–water partition coefficient (Wildman–Crippen LogP) is 2.46. The summed E-state index contributed by atoms with van der Waals surface area (Å²) in [6.45, 7) is 1.49. The monoisotopic (exact) mass is 373 g/mol. The van der Waals surface area contributed by atoms with E-state index in [9.17, 15) is 26.4 Å². The highest BCUT2D eigenvalue weighted by atomic mass is 32.2. The van der Waals surface area contributed by atoms with Gasteiger partial charge in [-0.2, -0.15) is 13.2 Å². The van der Waals surface area contributed by atoms with Crippen molar-refractivity contribution in [1.29, 1.82) is 0 Å². The van der Waals surface area contributed by atoms with Crippen LogP contribution in [0.25, 0.3) is 11.4 Å². The molecule has 0 saturated heterocycles. The Labute approximate surface area is 142 Å². The highest BCUT2D eigenvalue weighted by Crippen LogP contribution is 2.27. The summed E-state index contributed by atoms with van der Waals surface area (Å²) in [4.78, 5) is 19.6. The quantitative estimate of drug-likeness (QED) is 0.823. The predicted molar refractivity (Wildman–Crippen MR) is 84.7 cm³/mol. The van der Waals surface area contributed by atoms with E-state index in [1.807, 2.05) is 0 Å². The lowest BCUT2D eigenvalue weighted by Gasteiger charge is -2.18. The van der Waals surface area contributed by atoms with Crippen LogP contribution in [0, 0.1) is 0 Å². The first-order valence-electron chi connectivity index (χ1n) is 7.07. The number of sulfone groups is 1. The maximum atomic E-state index is 12.5. The molecule has 134 valence electrons. The standard InChI is InChI=1S/C15H14F3N3O3S/c1-3-25(23,24)12-5-4-8-19-13(12)11-7-6-10(9-20-11)21(2)14(22)15(16,17)18/h4-9H,3H2,1-2H3. The van der Waals surface area contributed by atoms with E-state index in [4.69, 9.17) is 0 Å². The molecule has 2 aromatic heterocycles. The van der Waals surface area contributed by atoms with Crippen LogP contribution in [-0.4, -0.2) is 43.3 Å². The summed E-state index contributed by atoms with van der Waals surface area (Å²) in [5.41, 5.74) is 0.187. The molecule has 0 fully saturated rings. The molecule has 0 aliphatic heterocycles. The average molecular weight is 373 g/mol. The van der Waals surface area contributed by atoms with Crippen molar-refractivity contribution in [3.05, 3.63) is 36.7 Å². The van der Waals surface area contributed by atoms with Gasteiger partial charge in [-0.3, -0.25) is 14.8 Å². The van der Waals surface area contributed by atoms with E-state index >= 15 is 0 Å². The SMILES string of the molecule is CCS(=O)(=O)c1cccnc1-c1ccc(N(C)C(=O)C(F)(F)F)cn1. The molecule has 0 aliphatic rings. The number of carbonyl (C=O) groups is 1. The minimum Gasteiger partial charge on any atom is -0.306 e. The summed E-state index contributed by atoms with van der Waals surface area (Å²) >= 11 is 0. The van der Waals surface area contributed by atoms with Gasteiger partial charge >= 0.3 is 12.1 Å². The molecule has 0 atom stereocenters. The molecule has 1 amide bonds. The van der Waals surface area contributed by atoms with Crippen LogP contribution in [0.4, 0.5) is 18.9 Å². The average Bonchev–Trinajstić information content (AvgIpc) is 2.59. The van der Waals surface area contributed by atoms with Gasteiger partial charge in [0.05, 0.1) is 28.2 Å². The van der Waals surface area contributed by atoms with Crippen molar-refractivity contribution in [3.8, 4) is 11.4 Å². The van der Waals surface area contributed by atoms with Crippen molar-refractivity contribution in [1.82, 2.24) is 9.97 Å². The summed E-state index contributed by atoms with van der Waals surface area (Å²) in [7, 11) is -2.58. The molecule has 0 aliphatic carbocycles. The number of halogens is 3. The largest absolute Gasteiger partial charge is 0.471 e. The first kappa shape index (κ1) is 18.8. The van der Waals surface area contributed by atoms with Crippen molar-refractivity contribution in [2.75, 3.05) is 17.7 Å². The first-order valence-corrected chi connectivity index (χ1v) is 8.72. The number of hydrogen-bond donors (Lipinski definition) is 0. The molecule has 25 heavy (non-hydrogen) atoms. The Morgan fingerprint density at radius 1 is 1.20 bits per heavy atom. The maximum absolute atomic E-state index is 12.5. The Kier molecular flexibility index (Phi) is 5.12. The summed E-state index contributed by atoms with van der Waals surface area (Å²) in [5, 5.41) is 0. The first-order chi connectivity index (χ1) is 11.6. The van der Waals surface area contributed by atoms with Gasteiger partial charge < -0.3 is 4.90 Å². The number of amides is 1. The van der Waals surface area contributed by atoms with Crippen molar-refractivity contribution in [2.24, 2.45) is 0 Å². The summed E-state index contributed by atoms with van der Waals surface area (Å²) < 4.78 is 61.6. The van der Waals surface area contributed by atoms with Gasteiger partial charge in [-0.25, -0.2) is 8.42 Å². The fourth-order valence-corrected chi connectivity index (χ4v) is 3.07. The Hall–Kier alpha value is -2.49. The number of alkyl halides is 3. The van der Waals surface area contributed by atoms with Gasteiger partial charge in [0.2, 0.25) is 0 Å². The van der Waals surface area contributed by atoms with Crippen LogP contribution in [0.15, 0.2) is 41.6 Å². The van der Waals surface area contributed by atoms with Crippen LogP contribution in [0.5, 0.6) is 0 Å². The van der Waals surface area contributed by atoms with Crippen LogP contribution >= 0.6 is 0 Å². The molecule has 2 heterocycles. The normalized spacial score (nSPS) is 12.0. The Morgan fingerprint density at radius 3 is 2.40 bits per heavy atom. The topological polar surface area (TPSA) is 80.2 Å². The third-order valence-electron chi connectivity index (χ3n) is 3.41. The molecule has 2 aromatic rings. The van der Waals surface area contributed by atoms with Gasteiger partial charge in [0.15, 0.2) is 9.84 Å². The van der Waals surface area contributed by atoms with Gasteiger partial charge in [0, 0.05) is 13.2 Å². The summed E-state index contributed by atoms with van der Waals surface area (Å²) in [6, 6.07) is 5.40.